The monoisotopic (exact) mass is 251 g/mol. The summed E-state index contributed by atoms with van der Waals surface area (Å²) in [6.45, 7) is 2.92. The molecule has 17 heavy (non-hydrogen) atoms. The van der Waals surface area contributed by atoms with Gasteiger partial charge in [0.15, 0.2) is 0 Å². The molecular weight excluding hydrogens is 237 g/mol. The van der Waals surface area contributed by atoms with Gasteiger partial charge in [0, 0.05) is 17.8 Å². The van der Waals surface area contributed by atoms with Gasteiger partial charge >= 0.3 is 0 Å². The van der Waals surface area contributed by atoms with E-state index in [0.29, 0.717) is 0 Å². The minimum Gasteiger partial charge on any atom is -0.319 e. The van der Waals surface area contributed by atoms with Crippen molar-refractivity contribution in [1.82, 2.24) is 15.3 Å². The molecule has 2 heterocycles. The molecule has 0 bridgehead atoms. The van der Waals surface area contributed by atoms with Crippen molar-refractivity contribution >= 4 is 11.3 Å². The number of pyridine rings is 1. The number of hydrogen-bond acceptors (Lipinski definition) is 4. The molecule has 0 spiro atoms. The predicted octanol–water partition coefficient (Wildman–Crippen LogP) is 2.41. The van der Waals surface area contributed by atoms with Crippen LogP contribution < -0.4 is 5.32 Å². The van der Waals surface area contributed by atoms with Crippen molar-refractivity contribution in [3.05, 3.63) is 34.0 Å². The maximum Gasteiger partial charge on any atom is 0.141 e. The third kappa shape index (κ3) is 2.87. The summed E-state index contributed by atoms with van der Waals surface area (Å²) < 4.78 is 12.8. The lowest BCUT2D eigenvalue weighted by atomic mass is 10.2. The quantitative estimate of drug-likeness (QED) is 0.906. The van der Waals surface area contributed by atoms with Crippen molar-refractivity contribution in [2.75, 3.05) is 13.6 Å². The van der Waals surface area contributed by atoms with Gasteiger partial charge in [0.1, 0.15) is 11.5 Å². The first-order valence-corrected chi connectivity index (χ1v) is 6.25. The van der Waals surface area contributed by atoms with Crippen molar-refractivity contribution in [2.45, 2.75) is 13.3 Å². The number of halogens is 1. The van der Waals surface area contributed by atoms with E-state index in [2.05, 4.69) is 15.3 Å². The number of hydrogen-bond donors (Lipinski definition) is 1. The molecular formula is C12H14FN3S. The zero-order valence-electron chi connectivity index (χ0n) is 9.83. The Hall–Kier alpha value is -1.33. The van der Waals surface area contributed by atoms with Crippen LogP contribution in [-0.2, 0) is 6.42 Å². The number of nitrogens with zero attached hydrogens (tertiary/aromatic N) is 2. The Labute approximate surface area is 104 Å². The molecule has 0 saturated heterocycles. The van der Waals surface area contributed by atoms with Gasteiger partial charge in [-0.15, -0.1) is 11.3 Å². The Morgan fingerprint density at radius 1 is 1.41 bits per heavy atom. The Morgan fingerprint density at radius 2 is 2.24 bits per heavy atom. The van der Waals surface area contributed by atoms with Crippen LogP contribution in [0.1, 0.15) is 9.88 Å². The molecule has 0 amide bonds. The van der Waals surface area contributed by atoms with Crippen LogP contribution >= 0.6 is 11.3 Å². The van der Waals surface area contributed by atoms with Gasteiger partial charge in [-0.1, -0.05) is 0 Å². The van der Waals surface area contributed by atoms with Gasteiger partial charge in [0.25, 0.3) is 0 Å². The molecule has 3 nitrogen and oxygen atoms in total. The fourth-order valence-corrected chi connectivity index (χ4v) is 2.49. The number of rotatable bonds is 4. The van der Waals surface area contributed by atoms with Crippen LogP contribution in [0.3, 0.4) is 0 Å². The lowest BCUT2D eigenvalue weighted by molar-refractivity contribution is 0.622. The summed E-state index contributed by atoms with van der Waals surface area (Å²) in [4.78, 5) is 9.72. The lowest BCUT2D eigenvalue weighted by Crippen LogP contribution is -2.09. The Kier molecular flexibility index (Phi) is 3.81. The van der Waals surface area contributed by atoms with Crippen LogP contribution in [0.15, 0.2) is 18.3 Å². The zero-order chi connectivity index (χ0) is 12.3. The molecule has 0 unspecified atom stereocenters. The van der Waals surface area contributed by atoms with Crippen LogP contribution in [0.25, 0.3) is 11.4 Å². The second-order valence-electron chi connectivity index (χ2n) is 3.73. The fraction of sp³-hybridized carbons (Fsp3) is 0.333. The number of nitrogens with one attached hydrogen (secondary N) is 1. The largest absolute Gasteiger partial charge is 0.319 e. The normalized spacial score (nSPS) is 10.8. The highest BCUT2D eigenvalue weighted by molar-refractivity contribution is 7.12. The van der Waals surface area contributed by atoms with Gasteiger partial charge in [-0.05, 0) is 26.1 Å². The summed E-state index contributed by atoms with van der Waals surface area (Å²) in [6, 6.07) is 3.08. The first-order chi connectivity index (χ1) is 8.20. The standard InChI is InChI=1S/C12H14FN3S/c1-8-12(10-4-3-9(13)7-15-10)16-11(17-8)5-6-14-2/h3-4,7,14H,5-6H2,1-2H3. The zero-order valence-corrected chi connectivity index (χ0v) is 10.6. The average molecular weight is 251 g/mol. The van der Waals surface area contributed by atoms with E-state index in [9.17, 15) is 4.39 Å². The predicted molar refractivity (Wildman–Crippen MR) is 67.7 cm³/mol. The molecule has 0 aliphatic rings. The Balaban J connectivity index is 2.26. The first kappa shape index (κ1) is 12.1. The summed E-state index contributed by atoms with van der Waals surface area (Å²) in [5, 5.41) is 4.18. The maximum absolute atomic E-state index is 12.8. The van der Waals surface area contributed by atoms with Crippen molar-refractivity contribution in [2.24, 2.45) is 0 Å². The Morgan fingerprint density at radius 3 is 2.88 bits per heavy atom. The van der Waals surface area contributed by atoms with Crippen LogP contribution in [0.4, 0.5) is 4.39 Å². The van der Waals surface area contributed by atoms with Crippen LogP contribution in [0.5, 0.6) is 0 Å². The topological polar surface area (TPSA) is 37.8 Å². The molecule has 0 radical (unpaired) electrons. The van der Waals surface area contributed by atoms with E-state index in [1.54, 1.807) is 17.4 Å². The molecule has 0 atom stereocenters. The highest BCUT2D eigenvalue weighted by Crippen LogP contribution is 2.26. The molecule has 2 aromatic rings. The molecule has 5 heteroatoms. The number of thiazole rings is 1. The molecule has 90 valence electrons. The van der Waals surface area contributed by atoms with Crippen LogP contribution in [-0.4, -0.2) is 23.6 Å². The number of likely N-dealkylation sites (N-methyl/N-ethyl adjacent to an activating group) is 1. The van der Waals surface area contributed by atoms with E-state index in [-0.39, 0.29) is 5.82 Å². The third-order valence-corrected chi connectivity index (χ3v) is 3.43. The second kappa shape index (κ2) is 5.33. The van der Waals surface area contributed by atoms with Crippen LogP contribution in [0.2, 0.25) is 0 Å². The highest BCUT2D eigenvalue weighted by Gasteiger charge is 2.10. The summed E-state index contributed by atoms with van der Waals surface area (Å²) in [7, 11) is 1.92. The van der Waals surface area contributed by atoms with Gasteiger partial charge < -0.3 is 5.32 Å². The molecule has 2 rings (SSSR count). The first-order valence-electron chi connectivity index (χ1n) is 5.43. The van der Waals surface area contributed by atoms with Crippen molar-refractivity contribution in [3.63, 3.8) is 0 Å². The number of aromatic nitrogens is 2. The summed E-state index contributed by atoms with van der Waals surface area (Å²) >= 11 is 1.67. The molecule has 0 aliphatic carbocycles. The van der Waals surface area contributed by atoms with E-state index in [1.165, 1.54) is 12.3 Å². The van der Waals surface area contributed by atoms with E-state index in [4.69, 9.17) is 0 Å². The SMILES string of the molecule is CNCCc1nc(-c2ccc(F)cn2)c(C)s1. The number of aryl methyl sites for hydroxylation is 1. The smallest absolute Gasteiger partial charge is 0.141 e. The van der Waals surface area contributed by atoms with E-state index < -0.39 is 0 Å². The minimum absolute atomic E-state index is 0.322. The average Bonchev–Trinajstić information content (AvgIpc) is 2.69. The lowest BCUT2D eigenvalue weighted by Gasteiger charge is -1.97. The van der Waals surface area contributed by atoms with Gasteiger partial charge in [-0.25, -0.2) is 9.37 Å². The van der Waals surface area contributed by atoms with Crippen molar-refractivity contribution < 1.29 is 4.39 Å². The Bertz CT molecular complexity index is 493. The second-order valence-corrected chi connectivity index (χ2v) is 5.02. The van der Waals surface area contributed by atoms with Gasteiger partial charge in [-0.3, -0.25) is 4.98 Å². The molecule has 0 aromatic carbocycles. The van der Waals surface area contributed by atoms with Gasteiger partial charge in [0.2, 0.25) is 0 Å². The maximum atomic E-state index is 12.8. The van der Waals surface area contributed by atoms with Crippen LogP contribution in [0, 0.1) is 12.7 Å². The third-order valence-electron chi connectivity index (χ3n) is 2.40. The molecule has 0 saturated carbocycles. The summed E-state index contributed by atoms with van der Waals surface area (Å²) in [5.74, 6) is -0.322. The van der Waals surface area contributed by atoms with Crippen molar-refractivity contribution in [1.29, 1.82) is 0 Å². The summed E-state index contributed by atoms with van der Waals surface area (Å²) in [5.41, 5.74) is 1.59. The van der Waals surface area contributed by atoms with E-state index >= 15 is 0 Å². The van der Waals surface area contributed by atoms with Gasteiger partial charge in [0.05, 0.1) is 16.9 Å². The van der Waals surface area contributed by atoms with Crippen molar-refractivity contribution in [3.8, 4) is 11.4 Å². The van der Waals surface area contributed by atoms with E-state index in [0.717, 1.165) is 34.2 Å². The molecule has 0 aliphatic heterocycles. The molecule has 2 aromatic heterocycles. The molecule has 0 fully saturated rings. The highest BCUT2D eigenvalue weighted by atomic mass is 32.1. The molecule has 1 N–H and O–H groups in total. The fourth-order valence-electron chi connectivity index (χ4n) is 1.54. The van der Waals surface area contributed by atoms with Gasteiger partial charge in [-0.2, -0.15) is 0 Å². The minimum atomic E-state index is -0.322. The van der Waals surface area contributed by atoms with E-state index in [1.807, 2.05) is 14.0 Å². The summed E-state index contributed by atoms with van der Waals surface area (Å²) in [6.07, 6.45) is 2.13.